The average Bonchev–Trinajstić information content (AvgIpc) is 3.26. The fourth-order valence-electron chi connectivity index (χ4n) is 4.62. The first-order valence-electron chi connectivity index (χ1n) is 9.86. The Morgan fingerprint density at radius 2 is 2.21 bits per heavy atom. The molecule has 3 fully saturated rings. The highest BCUT2D eigenvalue weighted by Crippen LogP contribution is 2.36. The number of piperidine rings is 1. The normalized spacial score (nSPS) is 36.5. The maximum Gasteiger partial charge on any atom is 0.245 e. The lowest BCUT2D eigenvalue weighted by atomic mass is 9.90. The standard InChI is InChI=1S/C19H24ClFN4O2S/c20-17-11-7-15(23-13(11)2-1-12(17)21)18(27)25-4-3-14-16(8-25)28-19(24-14)22-9-5-10(26)6-9/h1-2,9-10,14-16,19,22-24,26H,3-8H2/t9-,10-,14?,15?,16?,19?. The van der Waals surface area contributed by atoms with Crippen molar-refractivity contribution >= 4 is 35.0 Å². The van der Waals surface area contributed by atoms with Gasteiger partial charge < -0.3 is 15.3 Å². The van der Waals surface area contributed by atoms with Crippen LogP contribution in [0.2, 0.25) is 5.02 Å². The fraction of sp³-hybridized carbons (Fsp3) is 0.632. The number of fused-ring (bicyclic) bond motifs is 2. The predicted molar refractivity (Wildman–Crippen MR) is 108 cm³/mol. The fourth-order valence-corrected chi connectivity index (χ4v) is 6.41. The van der Waals surface area contributed by atoms with E-state index in [1.807, 2.05) is 16.7 Å². The Labute approximate surface area is 172 Å². The third-order valence-corrected chi connectivity index (χ3v) is 8.06. The van der Waals surface area contributed by atoms with Crippen LogP contribution < -0.4 is 16.0 Å². The van der Waals surface area contributed by atoms with Crippen LogP contribution in [-0.2, 0) is 11.2 Å². The molecule has 1 saturated carbocycles. The van der Waals surface area contributed by atoms with Crippen molar-refractivity contribution in [1.29, 1.82) is 0 Å². The van der Waals surface area contributed by atoms with Crippen molar-refractivity contribution in [2.45, 2.75) is 60.7 Å². The number of rotatable bonds is 3. The lowest BCUT2D eigenvalue weighted by Crippen LogP contribution is -2.54. The predicted octanol–water partition coefficient (Wildman–Crippen LogP) is 1.52. The summed E-state index contributed by atoms with van der Waals surface area (Å²) in [6.07, 6.45) is 2.81. The number of aliphatic hydroxyl groups is 1. The quantitative estimate of drug-likeness (QED) is 0.587. The maximum atomic E-state index is 13.7. The molecule has 1 aromatic rings. The van der Waals surface area contributed by atoms with Crippen LogP contribution in [0.5, 0.6) is 0 Å². The maximum absolute atomic E-state index is 13.7. The third kappa shape index (κ3) is 3.39. The summed E-state index contributed by atoms with van der Waals surface area (Å²) in [6, 6.07) is 3.39. The number of benzene rings is 1. The second kappa shape index (κ2) is 7.32. The number of anilines is 1. The first kappa shape index (κ1) is 18.9. The smallest absolute Gasteiger partial charge is 0.245 e. The van der Waals surface area contributed by atoms with Gasteiger partial charge in [0.1, 0.15) is 17.4 Å². The van der Waals surface area contributed by atoms with E-state index in [1.54, 1.807) is 6.07 Å². The van der Waals surface area contributed by atoms with E-state index in [2.05, 4.69) is 16.0 Å². The van der Waals surface area contributed by atoms with Crippen LogP contribution >= 0.6 is 23.4 Å². The van der Waals surface area contributed by atoms with Crippen LogP contribution in [0, 0.1) is 5.82 Å². The summed E-state index contributed by atoms with van der Waals surface area (Å²) in [7, 11) is 0. The van der Waals surface area contributed by atoms with Crippen molar-refractivity contribution < 1.29 is 14.3 Å². The average molecular weight is 427 g/mol. The van der Waals surface area contributed by atoms with Crippen LogP contribution in [0.1, 0.15) is 24.8 Å². The van der Waals surface area contributed by atoms with E-state index in [4.69, 9.17) is 11.6 Å². The summed E-state index contributed by atoms with van der Waals surface area (Å²) in [6.45, 7) is 1.43. The number of likely N-dealkylation sites (tertiary alicyclic amines) is 1. The van der Waals surface area contributed by atoms with E-state index in [0.717, 1.165) is 31.5 Å². The molecule has 0 aromatic heterocycles. The lowest BCUT2D eigenvalue weighted by Gasteiger charge is -2.35. The molecule has 6 nitrogen and oxygen atoms in total. The van der Waals surface area contributed by atoms with Gasteiger partial charge in [-0.3, -0.25) is 15.4 Å². The number of hydrogen-bond acceptors (Lipinski definition) is 6. The molecule has 9 heteroatoms. The summed E-state index contributed by atoms with van der Waals surface area (Å²) in [4.78, 5) is 15.0. The van der Waals surface area contributed by atoms with Gasteiger partial charge in [-0.1, -0.05) is 11.6 Å². The van der Waals surface area contributed by atoms with Crippen molar-refractivity contribution in [2.75, 3.05) is 18.4 Å². The Bertz CT molecular complexity index is 793. The van der Waals surface area contributed by atoms with Crippen molar-refractivity contribution in [3.63, 3.8) is 0 Å². The highest BCUT2D eigenvalue weighted by atomic mass is 35.5. The summed E-state index contributed by atoms with van der Waals surface area (Å²) in [5, 5.41) is 20.3. The molecule has 0 bridgehead atoms. The van der Waals surface area contributed by atoms with Crippen LogP contribution in [0.4, 0.5) is 10.1 Å². The summed E-state index contributed by atoms with van der Waals surface area (Å²) >= 11 is 7.92. The molecule has 4 aliphatic rings. The minimum atomic E-state index is -0.443. The van der Waals surface area contributed by atoms with Crippen LogP contribution in [0.25, 0.3) is 0 Å². The monoisotopic (exact) mass is 426 g/mol. The van der Waals surface area contributed by atoms with Gasteiger partial charge in [0, 0.05) is 42.5 Å². The molecule has 3 aliphatic heterocycles. The summed E-state index contributed by atoms with van der Waals surface area (Å²) in [5.41, 5.74) is 1.63. The van der Waals surface area contributed by atoms with Gasteiger partial charge >= 0.3 is 0 Å². The Morgan fingerprint density at radius 1 is 1.39 bits per heavy atom. The minimum Gasteiger partial charge on any atom is -0.393 e. The largest absolute Gasteiger partial charge is 0.393 e. The molecule has 0 radical (unpaired) electrons. The molecular formula is C19H24ClFN4O2S. The SMILES string of the molecule is O=C(C1Cc2c(ccc(F)c2Cl)N1)N1CCC2NC(N[C@H]3C[C@H](O)C3)SC2C1. The van der Waals surface area contributed by atoms with Crippen molar-refractivity contribution in [2.24, 2.45) is 0 Å². The van der Waals surface area contributed by atoms with Gasteiger partial charge in [0.2, 0.25) is 5.91 Å². The van der Waals surface area contributed by atoms with Gasteiger partial charge in [0.25, 0.3) is 0 Å². The Balaban J connectivity index is 1.18. The number of thioether (sulfide) groups is 1. The molecule has 1 aromatic carbocycles. The van der Waals surface area contributed by atoms with E-state index >= 15 is 0 Å². The van der Waals surface area contributed by atoms with Gasteiger partial charge in [0.05, 0.1) is 11.1 Å². The zero-order valence-electron chi connectivity index (χ0n) is 15.3. The highest BCUT2D eigenvalue weighted by Gasteiger charge is 2.43. The first-order chi connectivity index (χ1) is 13.5. The number of carbonyl (C=O) groups excluding carboxylic acids is 1. The summed E-state index contributed by atoms with van der Waals surface area (Å²) < 4.78 is 13.7. The lowest BCUT2D eigenvalue weighted by molar-refractivity contribution is -0.132. The number of hydrogen-bond donors (Lipinski definition) is 4. The zero-order chi connectivity index (χ0) is 19.4. The van der Waals surface area contributed by atoms with E-state index < -0.39 is 5.82 Å². The number of halogens is 2. The third-order valence-electron chi connectivity index (χ3n) is 6.28. The van der Waals surface area contributed by atoms with Crippen molar-refractivity contribution in [3.05, 3.63) is 28.5 Å². The molecule has 5 rings (SSSR count). The molecule has 152 valence electrons. The molecule has 4 N–H and O–H groups in total. The van der Waals surface area contributed by atoms with E-state index in [1.165, 1.54) is 6.07 Å². The summed E-state index contributed by atoms with van der Waals surface area (Å²) in [5.74, 6) is -0.382. The minimum absolute atomic E-state index is 0.0604. The van der Waals surface area contributed by atoms with Gasteiger partial charge in [-0.2, -0.15) is 0 Å². The topological polar surface area (TPSA) is 76.6 Å². The van der Waals surface area contributed by atoms with Crippen molar-refractivity contribution in [1.82, 2.24) is 15.5 Å². The molecule has 4 atom stereocenters. The number of nitrogens with zero attached hydrogens (tertiary/aromatic N) is 1. The zero-order valence-corrected chi connectivity index (χ0v) is 16.9. The molecule has 3 heterocycles. The van der Waals surface area contributed by atoms with Gasteiger partial charge in [-0.05, 0) is 37.0 Å². The second-order valence-electron chi connectivity index (χ2n) is 8.18. The van der Waals surface area contributed by atoms with Crippen molar-refractivity contribution in [3.8, 4) is 0 Å². The molecule has 4 unspecified atom stereocenters. The van der Waals surface area contributed by atoms with E-state index in [0.29, 0.717) is 35.9 Å². The van der Waals surface area contributed by atoms with Crippen LogP contribution in [0.15, 0.2) is 12.1 Å². The van der Waals surface area contributed by atoms with Crippen LogP contribution in [-0.4, -0.2) is 64.0 Å². The van der Waals surface area contributed by atoms with Gasteiger partial charge in [0.15, 0.2) is 0 Å². The number of nitrogens with one attached hydrogen (secondary N) is 3. The highest BCUT2D eigenvalue weighted by molar-refractivity contribution is 8.00. The number of aliphatic hydroxyl groups excluding tert-OH is 1. The molecule has 2 saturated heterocycles. The molecule has 28 heavy (non-hydrogen) atoms. The Hall–Kier alpha value is -1.06. The van der Waals surface area contributed by atoms with Gasteiger partial charge in [-0.15, -0.1) is 11.8 Å². The molecule has 0 spiro atoms. The number of amides is 1. The molecule has 1 amide bonds. The number of carbonyl (C=O) groups is 1. The Morgan fingerprint density at radius 3 is 3.00 bits per heavy atom. The molecule has 1 aliphatic carbocycles. The first-order valence-corrected chi connectivity index (χ1v) is 11.2. The second-order valence-corrected chi connectivity index (χ2v) is 9.91. The van der Waals surface area contributed by atoms with E-state index in [-0.39, 0.29) is 28.6 Å². The molecular weight excluding hydrogens is 403 g/mol. The van der Waals surface area contributed by atoms with Crippen LogP contribution in [0.3, 0.4) is 0 Å². The van der Waals surface area contributed by atoms with Gasteiger partial charge in [-0.25, -0.2) is 4.39 Å². The Kier molecular flexibility index (Phi) is 4.95. The van der Waals surface area contributed by atoms with E-state index in [9.17, 15) is 14.3 Å².